The minimum atomic E-state index is -2.88. The molecule has 0 bridgehead atoms. The van der Waals surface area contributed by atoms with Gasteiger partial charge in [-0.2, -0.15) is 8.78 Å². The van der Waals surface area contributed by atoms with Crippen LogP contribution in [0.25, 0.3) is 0 Å². The first-order chi connectivity index (χ1) is 11.0. The van der Waals surface area contributed by atoms with E-state index in [1.165, 1.54) is 6.07 Å². The van der Waals surface area contributed by atoms with Gasteiger partial charge in [-0.3, -0.25) is 0 Å². The molecule has 1 aromatic rings. The zero-order valence-corrected chi connectivity index (χ0v) is 14.0. The number of hydrogen-bond acceptors (Lipinski definition) is 3. The minimum absolute atomic E-state index is 0.0294. The van der Waals surface area contributed by atoms with Crippen molar-refractivity contribution in [2.75, 3.05) is 13.2 Å². The van der Waals surface area contributed by atoms with Gasteiger partial charge in [-0.1, -0.05) is 6.07 Å². The molecule has 0 aliphatic rings. The summed E-state index contributed by atoms with van der Waals surface area (Å²) in [5.41, 5.74) is 0.844. The molecule has 0 saturated carbocycles. The summed E-state index contributed by atoms with van der Waals surface area (Å²) in [4.78, 5) is 4.47. The topological polar surface area (TPSA) is 54.9 Å². The van der Waals surface area contributed by atoms with Crippen molar-refractivity contribution in [3.63, 3.8) is 0 Å². The van der Waals surface area contributed by atoms with Gasteiger partial charge in [0, 0.05) is 12.6 Å². The average Bonchev–Trinajstić information content (AvgIpc) is 2.46. The van der Waals surface area contributed by atoms with E-state index in [0.29, 0.717) is 24.9 Å². The largest absolute Gasteiger partial charge is 0.490 e. The van der Waals surface area contributed by atoms with Gasteiger partial charge >= 0.3 is 6.61 Å². The molecule has 2 N–H and O–H groups in total. The van der Waals surface area contributed by atoms with Gasteiger partial charge in [0.25, 0.3) is 0 Å². The van der Waals surface area contributed by atoms with Crippen LogP contribution in [0.5, 0.6) is 11.5 Å². The van der Waals surface area contributed by atoms with E-state index >= 15 is 0 Å². The van der Waals surface area contributed by atoms with E-state index in [4.69, 9.17) is 4.74 Å². The first kappa shape index (κ1) is 19.0. The standard InChI is InChI=1S/C16H25F2N3O2/c1-5-19-16(21-11(3)4)20-10-12-7-8-13(23-15(17)18)14(9-12)22-6-2/h7-9,11,15H,5-6,10H2,1-4H3,(H2,19,20,21). The molecule has 0 radical (unpaired) electrons. The Morgan fingerprint density at radius 1 is 1.22 bits per heavy atom. The van der Waals surface area contributed by atoms with Crippen molar-refractivity contribution >= 4 is 5.96 Å². The van der Waals surface area contributed by atoms with E-state index in [-0.39, 0.29) is 11.8 Å². The molecule has 0 spiro atoms. The molecule has 0 fully saturated rings. The van der Waals surface area contributed by atoms with Crippen molar-refractivity contribution in [1.82, 2.24) is 10.6 Å². The number of aliphatic imine (C=N–C) groups is 1. The summed E-state index contributed by atoms with van der Waals surface area (Å²) in [6.07, 6.45) is 0. The Labute approximate surface area is 136 Å². The normalized spacial score (nSPS) is 11.7. The molecule has 0 amide bonds. The Bertz CT molecular complexity index is 508. The molecule has 0 heterocycles. The van der Waals surface area contributed by atoms with Gasteiger partial charge in [0.15, 0.2) is 17.5 Å². The van der Waals surface area contributed by atoms with Crippen molar-refractivity contribution in [3.05, 3.63) is 23.8 Å². The monoisotopic (exact) mass is 329 g/mol. The van der Waals surface area contributed by atoms with Gasteiger partial charge in [-0.25, -0.2) is 4.99 Å². The molecular formula is C16H25F2N3O2. The highest BCUT2D eigenvalue weighted by molar-refractivity contribution is 5.80. The average molecular weight is 329 g/mol. The lowest BCUT2D eigenvalue weighted by molar-refractivity contribution is -0.0514. The lowest BCUT2D eigenvalue weighted by atomic mass is 10.2. The molecule has 0 saturated heterocycles. The highest BCUT2D eigenvalue weighted by Gasteiger charge is 2.11. The Morgan fingerprint density at radius 2 is 1.96 bits per heavy atom. The summed E-state index contributed by atoms with van der Waals surface area (Å²) < 4.78 is 34.6. The van der Waals surface area contributed by atoms with E-state index in [2.05, 4.69) is 20.4 Å². The number of halogens is 2. The second-order valence-electron chi connectivity index (χ2n) is 5.09. The van der Waals surface area contributed by atoms with Crippen LogP contribution < -0.4 is 20.1 Å². The molecule has 5 nitrogen and oxygen atoms in total. The van der Waals surface area contributed by atoms with Crippen molar-refractivity contribution < 1.29 is 18.3 Å². The predicted octanol–water partition coefficient (Wildman–Crippen LogP) is 3.15. The summed E-state index contributed by atoms with van der Waals surface area (Å²) in [5.74, 6) is 1.03. The quantitative estimate of drug-likeness (QED) is 0.568. The summed E-state index contributed by atoms with van der Waals surface area (Å²) in [6.45, 7) is 6.46. The summed E-state index contributed by atoms with van der Waals surface area (Å²) in [7, 11) is 0. The molecule has 0 aromatic heterocycles. The lowest BCUT2D eigenvalue weighted by Crippen LogP contribution is -2.40. The Morgan fingerprint density at radius 3 is 2.52 bits per heavy atom. The number of hydrogen-bond donors (Lipinski definition) is 2. The third kappa shape index (κ3) is 7.17. The van der Waals surface area contributed by atoms with Gasteiger partial charge in [-0.05, 0) is 45.4 Å². The molecule has 23 heavy (non-hydrogen) atoms. The summed E-state index contributed by atoms with van der Waals surface area (Å²) in [6, 6.07) is 5.10. The van der Waals surface area contributed by atoms with Crippen molar-refractivity contribution in [3.8, 4) is 11.5 Å². The van der Waals surface area contributed by atoms with Crippen LogP contribution in [0.3, 0.4) is 0 Å². The molecular weight excluding hydrogens is 304 g/mol. The molecule has 0 aliphatic carbocycles. The summed E-state index contributed by atoms with van der Waals surface area (Å²) in [5, 5.41) is 6.36. The first-order valence-corrected chi connectivity index (χ1v) is 7.71. The van der Waals surface area contributed by atoms with Crippen LogP contribution in [0.4, 0.5) is 8.78 Å². The van der Waals surface area contributed by atoms with Gasteiger partial charge in [0.05, 0.1) is 13.2 Å². The van der Waals surface area contributed by atoms with Gasteiger partial charge < -0.3 is 20.1 Å². The van der Waals surface area contributed by atoms with E-state index in [0.717, 1.165) is 12.1 Å². The molecule has 0 unspecified atom stereocenters. The number of nitrogens with one attached hydrogen (secondary N) is 2. The number of ether oxygens (including phenoxy) is 2. The number of benzene rings is 1. The van der Waals surface area contributed by atoms with E-state index in [9.17, 15) is 8.78 Å². The smallest absolute Gasteiger partial charge is 0.387 e. The Kier molecular flexibility index (Phi) is 8.15. The molecule has 0 atom stereocenters. The van der Waals surface area contributed by atoms with E-state index in [1.54, 1.807) is 19.1 Å². The SMILES string of the molecule is CCNC(=NCc1ccc(OC(F)F)c(OCC)c1)NC(C)C. The van der Waals surface area contributed by atoms with Crippen LogP contribution in [-0.4, -0.2) is 31.8 Å². The first-order valence-electron chi connectivity index (χ1n) is 7.71. The molecule has 1 aromatic carbocycles. The second kappa shape index (κ2) is 9.86. The zero-order chi connectivity index (χ0) is 17.2. The third-order valence-electron chi connectivity index (χ3n) is 2.71. The Hall–Kier alpha value is -2.05. The van der Waals surface area contributed by atoms with Crippen LogP contribution in [-0.2, 0) is 6.54 Å². The summed E-state index contributed by atoms with van der Waals surface area (Å²) >= 11 is 0. The van der Waals surface area contributed by atoms with Crippen molar-refractivity contribution in [1.29, 1.82) is 0 Å². The highest BCUT2D eigenvalue weighted by Crippen LogP contribution is 2.30. The number of nitrogens with zero attached hydrogens (tertiary/aromatic N) is 1. The maximum Gasteiger partial charge on any atom is 0.387 e. The molecule has 1 rings (SSSR count). The fraction of sp³-hybridized carbons (Fsp3) is 0.562. The van der Waals surface area contributed by atoms with Crippen molar-refractivity contribution in [2.24, 2.45) is 4.99 Å². The van der Waals surface area contributed by atoms with Gasteiger partial charge in [0.2, 0.25) is 0 Å². The second-order valence-corrected chi connectivity index (χ2v) is 5.09. The van der Waals surface area contributed by atoms with Crippen LogP contribution in [0.1, 0.15) is 33.3 Å². The zero-order valence-electron chi connectivity index (χ0n) is 14.0. The lowest BCUT2D eigenvalue weighted by Gasteiger charge is -2.15. The van der Waals surface area contributed by atoms with Gasteiger partial charge in [0.1, 0.15) is 0 Å². The molecule has 7 heteroatoms. The molecule has 0 aliphatic heterocycles. The van der Waals surface area contributed by atoms with E-state index in [1.807, 2.05) is 20.8 Å². The predicted molar refractivity (Wildman–Crippen MR) is 87.3 cm³/mol. The fourth-order valence-electron chi connectivity index (χ4n) is 1.88. The van der Waals surface area contributed by atoms with Crippen LogP contribution in [0.2, 0.25) is 0 Å². The van der Waals surface area contributed by atoms with Gasteiger partial charge in [-0.15, -0.1) is 0 Å². The van der Waals surface area contributed by atoms with Crippen LogP contribution >= 0.6 is 0 Å². The van der Waals surface area contributed by atoms with Crippen LogP contribution in [0.15, 0.2) is 23.2 Å². The fourth-order valence-corrected chi connectivity index (χ4v) is 1.88. The molecule has 130 valence electrons. The number of alkyl halides is 2. The number of guanidine groups is 1. The Balaban J connectivity index is 2.88. The minimum Gasteiger partial charge on any atom is -0.490 e. The van der Waals surface area contributed by atoms with Crippen molar-refractivity contribution in [2.45, 2.75) is 46.9 Å². The third-order valence-corrected chi connectivity index (χ3v) is 2.71. The van der Waals surface area contributed by atoms with E-state index < -0.39 is 6.61 Å². The maximum atomic E-state index is 12.4. The highest BCUT2D eigenvalue weighted by atomic mass is 19.3. The number of rotatable bonds is 8. The van der Waals surface area contributed by atoms with Crippen LogP contribution in [0, 0.1) is 0 Å². The maximum absolute atomic E-state index is 12.4.